The Morgan fingerprint density at radius 2 is 2.06 bits per heavy atom. The van der Waals surface area contributed by atoms with Crippen LogP contribution in [0.15, 0.2) is 0 Å². The van der Waals surface area contributed by atoms with Gasteiger partial charge in [-0.1, -0.05) is 32.4 Å². The molecule has 4 heteroatoms. The van der Waals surface area contributed by atoms with Crippen LogP contribution in [0.4, 0.5) is 0 Å². The topological polar surface area (TPSA) is 42.2 Å². The van der Waals surface area contributed by atoms with Gasteiger partial charge in [0.1, 0.15) is 0 Å². The van der Waals surface area contributed by atoms with E-state index in [4.69, 9.17) is 11.6 Å². The second-order valence-corrected chi connectivity index (χ2v) is 4.80. The van der Waals surface area contributed by atoms with Crippen LogP contribution in [0.25, 0.3) is 0 Å². The quantitative estimate of drug-likeness (QED) is 0.864. The van der Waals surface area contributed by atoms with Gasteiger partial charge >= 0.3 is 5.97 Å². The monoisotopic (exact) mass is 257 g/mol. The zero-order valence-electron chi connectivity index (χ0n) is 10.9. The van der Waals surface area contributed by atoms with Gasteiger partial charge in [0.2, 0.25) is 0 Å². The van der Waals surface area contributed by atoms with Crippen LogP contribution in [-0.4, -0.2) is 15.6 Å². The Morgan fingerprint density at radius 3 is 2.47 bits per heavy atom. The number of carboxylic acid groups (broad SMARTS) is 1. The third kappa shape index (κ3) is 2.49. The van der Waals surface area contributed by atoms with Crippen LogP contribution in [0.3, 0.4) is 0 Å². The van der Waals surface area contributed by atoms with Gasteiger partial charge in [0, 0.05) is 17.9 Å². The normalized spacial score (nSPS) is 12.8. The van der Waals surface area contributed by atoms with E-state index in [1.54, 1.807) is 0 Å². The summed E-state index contributed by atoms with van der Waals surface area (Å²) in [4.78, 5) is 11.2. The largest absolute Gasteiger partial charge is 0.478 e. The van der Waals surface area contributed by atoms with Gasteiger partial charge in [-0.2, -0.15) is 0 Å². The summed E-state index contributed by atoms with van der Waals surface area (Å²) < 4.78 is 2.06. The Kier molecular flexibility index (Phi) is 4.63. The summed E-state index contributed by atoms with van der Waals surface area (Å²) in [5.41, 5.74) is 1.99. The van der Waals surface area contributed by atoms with E-state index < -0.39 is 5.97 Å². The number of hydrogen-bond donors (Lipinski definition) is 1. The number of nitrogens with zero attached hydrogens (tertiary/aromatic N) is 1. The Bertz CT molecular complexity index is 424. The van der Waals surface area contributed by atoms with Crippen molar-refractivity contribution in [3.8, 4) is 0 Å². The minimum Gasteiger partial charge on any atom is -0.478 e. The molecule has 0 bridgehead atoms. The summed E-state index contributed by atoms with van der Waals surface area (Å²) in [6.07, 6.45) is 1.92. The third-order valence-electron chi connectivity index (χ3n) is 3.24. The predicted molar refractivity (Wildman–Crippen MR) is 70.1 cm³/mol. The van der Waals surface area contributed by atoms with Crippen molar-refractivity contribution in [2.24, 2.45) is 0 Å². The number of hydrogen-bond acceptors (Lipinski definition) is 1. The molecule has 1 atom stereocenters. The summed E-state index contributed by atoms with van der Waals surface area (Å²) in [5.74, 6) is -0.659. The van der Waals surface area contributed by atoms with Gasteiger partial charge in [-0.25, -0.2) is 4.79 Å². The lowest BCUT2D eigenvalue weighted by Crippen LogP contribution is -2.07. The maximum Gasteiger partial charge on any atom is 0.339 e. The van der Waals surface area contributed by atoms with Gasteiger partial charge < -0.3 is 9.67 Å². The fraction of sp³-hybridized carbons (Fsp3) is 0.615. The van der Waals surface area contributed by atoms with Crippen LogP contribution >= 0.6 is 11.6 Å². The average molecular weight is 258 g/mol. The van der Waals surface area contributed by atoms with E-state index >= 15 is 0 Å². The van der Waals surface area contributed by atoms with Crippen molar-refractivity contribution in [3.63, 3.8) is 0 Å². The van der Waals surface area contributed by atoms with Crippen LogP contribution in [0.5, 0.6) is 0 Å². The summed E-state index contributed by atoms with van der Waals surface area (Å²) in [6.45, 7) is 8.89. The first kappa shape index (κ1) is 14.1. The average Bonchev–Trinajstić information content (AvgIpc) is 2.50. The molecule has 0 aliphatic heterocycles. The van der Waals surface area contributed by atoms with E-state index in [1.807, 2.05) is 6.92 Å². The van der Waals surface area contributed by atoms with Crippen LogP contribution in [0.1, 0.15) is 61.3 Å². The number of carboxylic acids is 1. The minimum atomic E-state index is -0.938. The van der Waals surface area contributed by atoms with E-state index in [2.05, 4.69) is 25.3 Å². The smallest absolute Gasteiger partial charge is 0.339 e. The van der Waals surface area contributed by atoms with Gasteiger partial charge in [0.25, 0.3) is 0 Å². The highest BCUT2D eigenvalue weighted by Gasteiger charge is 2.25. The second-order valence-electron chi connectivity index (χ2n) is 4.43. The molecule has 1 unspecified atom stereocenters. The van der Waals surface area contributed by atoms with Crippen molar-refractivity contribution < 1.29 is 9.90 Å². The molecule has 96 valence electrons. The molecule has 1 heterocycles. The van der Waals surface area contributed by atoms with Gasteiger partial charge in [-0.05, 0) is 25.7 Å². The Hall–Kier alpha value is -0.960. The molecular weight excluding hydrogens is 238 g/mol. The van der Waals surface area contributed by atoms with Gasteiger partial charge in [0.15, 0.2) is 0 Å². The Labute approximate surface area is 107 Å². The number of aromatic carboxylic acids is 1. The minimum absolute atomic E-state index is 0.260. The van der Waals surface area contributed by atoms with Gasteiger partial charge in [0.05, 0.1) is 10.6 Å². The molecule has 0 radical (unpaired) electrons. The predicted octanol–water partition coefficient (Wildman–Crippen LogP) is 4.07. The highest BCUT2D eigenvalue weighted by molar-refractivity contribution is 6.34. The summed E-state index contributed by atoms with van der Waals surface area (Å²) in [7, 11) is 0. The summed E-state index contributed by atoms with van der Waals surface area (Å²) in [5, 5.41) is 9.62. The summed E-state index contributed by atoms with van der Waals surface area (Å²) in [6, 6.07) is 0. The molecule has 0 spiro atoms. The van der Waals surface area contributed by atoms with Crippen molar-refractivity contribution >= 4 is 17.6 Å². The second kappa shape index (κ2) is 5.58. The lowest BCUT2D eigenvalue weighted by molar-refractivity contribution is 0.0696. The third-order valence-corrected chi connectivity index (χ3v) is 3.62. The highest BCUT2D eigenvalue weighted by atomic mass is 35.5. The fourth-order valence-corrected chi connectivity index (χ4v) is 2.66. The molecule has 0 fully saturated rings. The van der Waals surface area contributed by atoms with Crippen molar-refractivity contribution in [2.75, 3.05) is 0 Å². The molecule has 1 rings (SSSR count). The molecule has 1 N–H and O–H groups in total. The molecular formula is C13H20ClNO2. The van der Waals surface area contributed by atoms with Crippen LogP contribution in [0, 0.1) is 6.92 Å². The summed E-state index contributed by atoms with van der Waals surface area (Å²) >= 11 is 6.24. The first-order chi connectivity index (χ1) is 7.95. The first-order valence-corrected chi connectivity index (χ1v) is 6.45. The number of carbonyl (C=O) groups is 1. The molecule has 0 aromatic carbocycles. The Morgan fingerprint density at radius 1 is 1.47 bits per heavy atom. The van der Waals surface area contributed by atoms with Crippen LogP contribution in [-0.2, 0) is 6.54 Å². The fourth-order valence-electron chi connectivity index (χ4n) is 2.16. The molecule has 1 aromatic heterocycles. The van der Waals surface area contributed by atoms with Crippen LogP contribution in [0.2, 0.25) is 5.02 Å². The van der Waals surface area contributed by atoms with Crippen molar-refractivity contribution in [2.45, 2.75) is 53.0 Å². The van der Waals surface area contributed by atoms with Gasteiger partial charge in [-0.15, -0.1) is 0 Å². The van der Waals surface area contributed by atoms with Gasteiger partial charge in [-0.3, -0.25) is 0 Å². The zero-order valence-corrected chi connectivity index (χ0v) is 11.6. The zero-order chi connectivity index (χ0) is 13.2. The maximum atomic E-state index is 11.2. The number of halogens is 1. The molecule has 0 saturated carbocycles. The molecule has 0 amide bonds. The molecule has 3 nitrogen and oxygen atoms in total. The van der Waals surface area contributed by atoms with Crippen LogP contribution < -0.4 is 0 Å². The number of aromatic nitrogens is 1. The standard InChI is InChI=1S/C13H20ClNO2/c1-5-7-15-9(4)10(13(16)17)11(14)12(15)8(3)6-2/h8H,5-7H2,1-4H3,(H,16,17). The lowest BCUT2D eigenvalue weighted by atomic mass is 10.0. The van der Waals surface area contributed by atoms with E-state index in [1.165, 1.54) is 0 Å². The van der Waals surface area contributed by atoms with E-state index in [-0.39, 0.29) is 11.5 Å². The van der Waals surface area contributed by atoms with Crippen molar-refractivity contribution in [1.29, 1.82) is 0 Å². The van der Waals surface area contributed by atoms with Crippen molar-refractivity contribution in [1.82, 2.24) is 4.57 Å². The maximum absolute atomic E-state index is 11.2. The van der Waals surface area contributed by atoms with E-state index in [9.17, 15) is 9.90 Å². The van der Waals surface area contributed by atoms with Crippen molar-refractivity contribution in [3.05, 3.63) is 22.0 Å². The molecule has 0 aliphatic carbocycles. The lowest BCUT2D eigenvalue weighted by Gasteiger charge is -2.15. The molecule has 0 saturated heterocycles. The molecule has 0 aliphatic rings. The van der Waals surface area contributed by atoms with E-state index in [0.717, 1.165) is 30.8 Å². The SMILES string of the molecule is CCCn1c(C)c(C(=O)O)c(Cl)c1C(C)CC. The Balaban J connectivity index is 3.44. The highest BCUT2D eigenvalue weighted by Crippen LogP contribution is 2.34. The molecule has 1 aromatic rings. The first-order valence-electron chi connectivity index (χ1n) is 6.07. The van der Waals surface area contributed by atoms with E-state index in [0.29, 0.717) is 5.02 Å². The number of rotatable bonds is 5. The molecule has 17 heavy (non-hydrogen) atoms.